The molecule has 1 aliphatic heterocycles. The fraction of sp³-hybridized carbons (Fsp3) is 0.629. The van der Waals surface area contributed by atoms with Crippen molar-refractivity contribution in [3.63, 3.8) is 0 Å². The van der Waals surface area contributed by atoms with Crippen molar-refractivity contribution in [2.45, 2.75) is 103 Å². The summed E-state index contributed by atoms with van der Waals surface area (Å²) >= 11 is 0. The predicted octanol–water partition coefficient (Wildman–Crippen LogP) is 4.18. The third-order valence-corrected chi connectivity index (χ3v) is 10.1. The lowest BCUT2D eigenvalue weighted by atomic mass is 9.77. The number of rotatable bonds is 12. The van der Waals surface area contributed by atoms with Crippen LogP contribution in [0.15, 0.2) is 30.5 Å². The number of alkyl halides is 2. The zero-order valence-electron chi connectivity index (χ0n) is 28.8. The van der Waals surface area contributed by atoms with Crippen LogP contribution < -0.4 is 10.6 Å². The van der Waals surface area contributed by atoms with E-state index in [1.54, 1.807) is 23.7 Å². The first-order valence-electron chi connectivity index (χ1n) is 16.9. The van der Waals surface area contributed by atoms with Crippen LogP contribution in [0.4, 0.5) is 13.2 Å². The van der Waals surface area contributed by atoms with Crippen LogP contribution in [-0.4, -0.2) is 93.8 Å². The van der Waals surface area contributed by atoms with Gasteiger partial charge in [-0.15, -0.1) is 0 Å². The number of carbonyl (C=O) groups excluding carboxylic acids is 4. The number of aromatic nitrogens is 2. The van der Waals surface area contributed by atoms with Crippen LogP contribution in [0, 0.1) is 17.7 Å². The van der Waals surface area contributed by atoms with Crippen LogP contribution >= 0.6 is 0 Å². The fourth-order valence-electron chi connectivity index (χ4n) is 6.67. The molecule has 2 fully saturated rings. The predicted molar refractivity (Wildman–Crippen MR) is 175 cm³/mol. The van der Waals surface area contributed by atoms with Gasteiger partial charge < -0.3 is 20.4 Å². The van der Waals surface area contributed by atoms with Gasteiger partial charge in [0.05, 0.1) is 6.04 Å². The minimum Gasteiger partial charge on any atom is -0.341 e. The van der Waals surface area contributed by atoms with Crippen LogP contribution in [0.1, 0.15) is 87.8 Å². The van der Waals surface area contributed by atoms with Crippen molar-refractivity contribution in [1.29, 1.82) is 0 Å². The molecule has 0 spiro atoms. The molecule has 0 bridgehead atoms. The Morgan fingerprint density at radius 1 is 1.04 bits per heavy atom. The van der Waals surface area contributed by atoms with Crippen LogP contribution in [-0.2, 0) is 27.3 Å². The van der Waals surface area contributed by atoms with E-state index in [1.807, 2.05) is 20.9 Å². The molecule has 2 aromatic rings. The topological polar surface area (TPSA) is 117 Å². The molecule has 10 nitrogen and oxygen atoms in total. The second-order valence-electron chi connectivity index (χ2n) is 13.7. The number of likely N-dealkylation sites (N-methyl/N-ethyl adjacent to an activating group) is 1. The van der Waals surface area contributed by atoms with Gasteiger partial charge in [-0.2, -0.15) is 13.9 Å². The first-order chi connectivity index (χ1) is 22.6. The monoisotopic (exact) mass is 674 g/mol. The van der Waals surface area contributed by atoms with E-state index < -0.39 is 47.5 Å². The molecule has 0 unspecified atom stereocenters. The number of carbonyl (C=O) groups is 4. The van der Waals surface area contributed by atoms with E-state index >= 15 is 4.39 Å². The Balaban J connectivity index is 1.55. The molecule has 0 radical (unpaired) electrons. The van der Waals surface area contributed by atoms with Crippen molar-refractivity contribution in [3.8, 4) is 0 Å². The number of hydrogen-bond acceptors (Lipinski definition) is 6. The molecule has 1 saturated heterocycles. The summed E-state index contributed by atoms with van der Waals surface area (Å²) in [5.74, 6) is -7.72. The van der Waals surface area contributed by atoms with Gasteiger partial charge in [-0.3, -0.25) is 23.9 Å². The van der Waals surface area contributed by atoms with Gasteiger partial charge in [-0.05, 0) is 68.8 Å². The molecule has 2 aliphatic rings. The number of benzene rings is 1. The Kier molecular flexibility index (Phi) is 12.1. The SMILES string of the molecule is CCn1nccc1C(=O)N[C@H](C(=O)Cc1ccc([C@H](C)[C@@H](NC(=O)C(C)(F)F)C(=O)N2CCN(C)[C@@H](C)C2)cc1F)C1CCC(C)CC1. The number of aryl methyl sites for hydroxylation is 1. The average molecular weight is 675 g/mol. The summed E-state index contributed by atoms with van der Waals surface area (Å²) in [5.41, 5.74) is 0.757. The minimum atomic E-state index is -3.72. The third-order valence-electron chi connectivity index (χ3n) is 10.1. The lowest BCUT2D eigenvalue weighted by molar-refractivity contribution is -0.148. The van der Waals surface area contributed by atoms with Gasteiger partial charge in [0.25, 0.3) is 11.8 Å². The second kappa shape index (κ2) is 15.7. The number of nitrogens with zero attached hydrogens (tertiary/aromatic N) is 4. The van der Waals surface area contributed by atoms with E-state index in [-0.39, 0.29) is 29.7 Å². The number of hydrogen-bond donors (Lipinski definition) is 2. The average Bonchev–Trinajstić information content (AvgIpc) is 3.53. The molecule has 2 heterocycles. The molecule has 48 heavy (non-hydrogen) atoms. The Morgan fingerprint density at radius 3 is 2.33 bits per heavy atom. The van der Waals surface area contributed by atoms with E-state index in [1.165, 1.54) is 23.2 Å². The van der Waals surface area contributed by atoms with Crippen molar-refractivity contribution in [3.05, 3.63) is 53.1 Å². The molecular weight excluding hydrogens is 625 g/mol. The molecule has 2 N–H and O–H groups in total. The number of piperazine rings is 1. The van der Waals surface area contributed by atoms with E-state index in [4.69, 9.17) is 0 Å². The standard InChI is InChI=1S/C35H49F3N6O4/c1-7-44-28(14-15-39-44)32(46)40-31(24-10-8-21(2)9-11-24)29(45)19-26-13-12-25(18-27(26)36)23(4)30(41-34(48)35(5,37)38)33(47)43-17-16-42(6)22(3)20-43/h12-15,18,21-24,30-31H,7-11,16-17,19-20H2,1-6H3,(H,40,46)(H,41,48)/t21?,22-,23-,24?,30+,31-/m0/s1. The zero-order chi connectivity index (χ0) is 35.3. The summed E-state index contributed by atoms with van der Waals surface area (Å²) < 4.78 is 45.2. The summed E-state index contributed by atoms with van der Waals surface area (Å²) in [6, 6.07) is 3.62. The van der Waals surface area contributed by atoms with Gasteiger partial charge in [0.2, 0.25) is 5.91 Å². The summed E-state index contributed by atoms with van der Waals surface area (Å²) in [5, 5.41) is 9.30. The molecule has 1 saturated carbocycles. The van der Waals surface area contributed by atoms with Crippen LogP contribution in [0.3, 0.4) is 0 Å². The molecule has 1 aromatic carbocycles. The molecule has 4 rings (SSSR count). The number of nitrogens with one attached hydrogen (secondary N) is 2. The van der Waals surface area contributed by atoms with Gasteiger partial charge in [0, 0.05) is 57.7 Å². The van der Waals surface area contributed by atoms with Gasteiger partial charge >= 0.3 is 5.92 Å². The zero-order valence-corrected chi connectivity index (χ0v) is 28.8. The van der Waals surface area contributed by atoms with E-state index in [9.17, 15) is 28.0 Å². The Hall–Kier alpha value is -3.74. The quantitative estimate of drug-likeness (QED) is 0.349. The van der Waals surface area contributed by atoms with Crippen molar-refractivity contribution in [2.24, 2.45) is 11.8 Å². The maximum absolute atomic E-state index is 15.7. The van der Waals surface area contributed by atoms with Crippen LogP contribution in [0.5, 0.6) is 0 Å². The largest absolute Gasteiger partial charge is 0.341 e. The van der Waals surface area contributed by atoms with Crippen molar-refractivity contribution >= 4 is 23.5 Å². The first kappa shape index (κ1) is 37.1. The summed E-state index contributed by atoms with van der Waals surface area (Å²) in [6.45, 7) is 9.76. The number of halogens is 3. The Morgan fingerprint density at radius 2 is 1.73 bits per heavy atom. The van der Waals surface area contributed by atoms with Crippen LogP contribution in [0.2, 0.25) is 0 Å². The summed E-state index contributed by atoms with van der Waals surface area (Å²) in [4.78, 5) is 56.7. The molecule has 1 aromatic heterocycles. The molecule has 1 aliphatic carbocycles. The number of ketones is 1. The summed E-state index contributed by atoms with van der Waals surface area (Å²) in [7, 11) is 1.93. The summed E-state index contributed by atoms with van der Waals surface area (Å²) in [6.07, 6.45) is 4.61. The van der Waals surface area contributed by atoms with Crippen molar-refractivity contribution < 1.29 is 32.3 Å². The fourth-order valence-corrected chi connectivity index (χ4v) is 6.67. The number of Topliss-reactive ketones (excluding diaryl/α,β-unsaturated/α-hetero) is 1. The van der Waals surface area contributed by atoms with Crippen molar-refractivity contribution in [1.82, 2.24) is 30.2 Å². The first-order valence-corrected chi connectivity index (χ1v) is 16.9. The number of amides is 3. The van der Waals surface area contributed by atoms with E-state index in [0.29, 0.717) is 50.3 Å². The maximum atomic E-state index is 15.7. The normalized spacial score (nSPS) is 22.4. The van der Waals surface area contributed by atoms with E-state index in [0.717, 1.165) is 25.7 Å². The van der Waals surface area contributed by atoms with Gasteiger partial charge in [0.1, 0.15) is 17.6 Å². The van der Waals surface area contributed by atoms with Gasteiger partial charge in [-0.1, -0.05) is 38.8 Å². The van der Waals surface area contributed by atoms with E-state index in [2.05, 4.69) is 27.6 Å². The molecule has 13 heteroatoms. The molecule has 3 amide bonds. The second-order valence-corrected chi connectivity index (χ2v) is 13.7. The molecule has 4 atom stereocenters. The highest BCUT2D eigenvalue weighted by Gasteiger charge is 2.40. The van der Waals surface area contributed by atoms with Gasteiger partial charge in [-0.25, -0.2) is 4.39 Å². The maximum Gasteiger partial charge on any atom is 0.321 e. The molecular formula is C35H49F3N6O4. The minimum absolute atomic E-state index is 0.0238. The van der Waals surface area contributed by atoms with Crippen LogP contribution in [0.25, 0.3) is 0 Å². The Labute approximate surface area is 280 Å². The Bertz CT molecular complexity index is 1470. The molecule has 264 valence electrons. The highest BCUT2D eigenvalue weighted by atomic mass is 19.3. The highest BCUT2D eigenvalue weighted by molar-refractivity contribution is 5.97. The lowest BCUT2D eigenvalue weighted by Gasteiger charge is -2.40. The van der Waals surface area contributed by atoms with Gasteiger partial charge in [0.15, 0.2) is 5.78 Å². The van der Waals surface area contributed by atoms with Crippen molar-refractivity contribution in [2.75, 3.05) is 26.7 Å². The third kappa shape index (κ3) is 8.83. The lowest BCUT2D eigenvalue weighted by Crippen LogP contribution is -2.59. The smallest absolute Gasteiger partial charge is 0.321 e. The highest BCUT2D eigenvalue weighted by Crippen LogP contribution is 2.32.